The molecule has 0 atom stereocenters. The van der Waals surface area contributed by atoms with Gasteiger partial charge in [-0.2, -0.15) is 5.26 Å². The van der Waals surface area contributed by atoms with E-state index in [1.54, 1.807) is 27.7 Å². The first-order valence-electron chi connectivity index (χ1n) is 8.34. The van der Waals surface area contributed by atoms with Crippen molar-refractivity contribution in [2.24, 2.45) is 0 Å². The number of rotatable bonds is 3. The maximum absolute atomic E-state index is 14.1. The number of benzene rings is 2. The third kappa shape index (κ3) is 2.62. The van der Waals surface area contributed by atoms with Gasteiger partial charge < -0.3 is 14.6 Å². The molecule has 0 unspecified atom stereocenters. The topological polar surface area (TPSA) is 82.2 Å². The number of hydrogen-bond acceptors (Lipinski definition) is 4. The third-order valence-electron chi connectivity index (χ3n) is 4.78. The number of aromatic hydroxyl groups is 1. The van der Waals surface area contributed by atoms with Gasteiger partial charge in [0.25, 0.3) is 0 Å². The number of aromatic nitrogens is 2. The molecular weight excluding hydrogens is 347 g/mol. The SMILES string of the molecule is C=CC(=O)N1CC(n2c(C#N)nc3cc(-c4c(O)cccc4F)ccc32)C1. The lowest BCUT2D eigenvalue weighted by Gasteiger charge is -2.39. The first kappa shape index (κ1) is 16.8. The van der Waals surface area contributed by atoms with E-state index >= 15 is 0 Å². The second kappa shape index (κ2) is 6.25. The average Bonchev–Trinajstić information content (AvgIpc) is 2.98. The number of fused-ring (bicyclic) bond motifs is 1. The predicted molar refractivity (Wildman–Crippen MR) is 97.3 cm³/mol. The first-order valence-corrected chi connectivity index (χ1v) is 8.34. The maximum Gasteiger partial charge on any atom is 0.246 e. The van der Waals surface area contributed by atoms with Crippen LogP contribution in [0, 0.1) is 17.1 Å². The van der Waals surface area contributed by atoms with Crippen LogP contribution in [0.25, 0.3) is 22.2 Å². The number of nitriles is 1. The number of nitrogens with zero attached hydrogens (tertiary/aromatic N) is 4. The highest BCUT2D eigenvalue weighted by Crippen LogP contribution is 2.35. The van der Waals surface area contributed by atoms with Crippen molar-refractivity contribution >= 4 is 16.9 Å². The van der Waals surface area contributed by atoms with Crippen LogP contribution in [-0.4, -0.2) is 38.6 Å². The van der Waals surface area contributed by atoms with Gasteiger partial charge >= 0.3 is 0 Å². The molecule has 1 saturated heterocycles. The summed E-state index contributed by atoms with van der Waals surface area (Å²) in [5, 5.41) is 19.5. The van der Waals surface area contributed by atoms with Crippen molar-refractivity contribution in [3.05, 3.63) is 60.7 Å². The molecule has 2 aromatic carbocycles. The molecule has 0 saturated carbocycles. The van der Waals surface area contributed by atoms with Gasteiger partial charge in [0, 0.05) is 13.1 Å². The Hall–Kier alpha value is -3.66. The van der Waals surface area contributed by atoms with Crippen molar-refractivity contribution in [2.45, 2.75) is 6.04 Å². The molecule has 1 aliphatic rings. The van der Waals surface area contributed by atoms with E-state index in [0.29, 0.717) is 24.2 Å². The molecule has 1 amide bonds. The largest absolute Gasteiger partial charge is 0.507 e. The molecule has 0 bridgehead atoms. The molecule has 27 heavy (non-hydrogen) atoms. The van der Waals surface area contributed by atoms with Gasteiger partial charge in [0.1, 0.15) is 17.6 Å². The fourth-order valence-corrected chi connectivity index (χ4v) is 3.43. The molecule has 1 aromatic heterocycles. The van der Waals surface area contributed by atoms with E-state index in [9.17, 15) is 19.6 Å². The van der Waals surface area contributed by atoms with Crippen LogP contribution in [0.3, 0.4) is 0 Å². The molecule has 0 radical (unpaired) electrons. The Balaban J connectivity index is 1.76. The van der Waals surface area contributed by atoms with Gasteiger partial charge in [0.05, 0.1) is 22.6 Å². The molecular formula is C20H15FN4O2. The number of phenols is 1. The van der Waals surface area contributed by atoms with Crippen molar-refractivity contribution in [3.63, 3.8) is 0 Å². The van der Waals surface area contributed by atoms with E-state index in [0.717, 1.165) is 5.52 Å². The summed E-state index contributed by atoms with van der Waals surface area (Å²) in [6.07, 6.45) is 1.26. The molecule has 0 spiro atoms. The number of likely N-dealkylation sites (tertiary alicyclic amines) is 1. The smallest absolute Gasteiger partial charge is 0.246 e. The lowest BCUT2D eigenvalue weighted by Crippen LogP contribution is -2.50. The molecule has 2 heterocycles. The van der Waals surface area contributed by atoms with E-state index in [1.807, 2.05) is 0 Å². The highest BCUT2D eigenvalue weighted by molar-refractivity contribution is 5.88. The molecule has 1 aliphatic heterocycles. The second-order valence-corrected chi connectivity index (χ2v) is 6.36. The van der Waals surface area contributed by atoms with Crippen LogP contribution < -0.4 is 0 Å². The van der Waals surface area contributed by atoms with Crippen molar-refractivity contribution in [2.75, 3.05) is 13.1 Å². The molecule has 7 heteroatoms. The minimum atomic E-state index is -0.535. The Morgan fingerprint density at radius 1 is 1.37 bits per heavy atom. The van der Waals surface area contributed by atoms with E-state index < -0.39 is 5.82 Å². The molecule has 3 aromatic rings. The van der Waals surface area contributed by atoms with Gasteiger partial charge in [0.2, 0.25) is 11.7 Å². The lowest BCUT2D eigenvalue weighted by atomic mass is 10.0. The molecule has 0 aliphatic carbocycles. The molecule has 1 fully saturated rings. The lowest BCUT2D eigenvalue weighted by molar-refractivity contribution is -0.131. The van der Waals surface area contributed by atoms with Crippen molar-refractivity contribution in [3.8, 4) is 22.9 Å². The number of carbonyl (C=O) groups excluding carboxylic acids is 1. The number of halogens is 1. The number of hydrogen-bond donors (Lipinski definition) is 1. The monoisotopic (exact) mass is 362 g/mol. The normalized spacial score (nSPS) is 14.0. The summed E-state index contributed by atoms with van der Waals surface area (Å²) in [6, 6.07) is 11.2. The van der Waals surface area contributed by atoms with Crippen LogP contribution >= 0.6 is 0 Å². The average molecular weight is 362 g/mol. The van der Waals surface area contributed by atoms with E-state index in [2.05, 4.69) is 17.6 Å². The Morgan fingerprint density at radius 3 is 2.81 bits per heavy atom. The summed E-state index contributed by atoms with van der Waals surface area (Å²) in [6.45, 7) is 4.42. The third-order valence-corrected chi connectivity index (χ3v) is 4.78. The summed E-state index contributed by atoms with van der Waals surface area (Å²) >= 11 is 0. The zero-order valence-electron chi connectivity index (χ0n) is 14.3. The van der Waals surface area contributed by atoms with E-state index in [1.165, 1.54) is 24.3 Å². The minimum absolute atomic E-state index is 0.0544. The van der Waals surface area contributed by atoms with Gasteiger partial charge in [-0.3, -0.25) is 4.79 Å². The van der Waals surface area contributed by atoms with Gasteiger partial charge in [-0.15, -0.1) is 0 Å². The molecule has 1 N–H and O–H groups in total. The summed E-state index contributed by atoms with van der Waals surface area (Å²) in [7, 11) is 0. The second-order valence-electron chi connectivity index (χ2n) is 6.36. The summed E-state index contributed by atoms with van der Waals surface area (Å²) in [4.78, 5) is 17.6. The number of imidazole rings is 1. The van der Waals surface area contributed by atoms with Crippen LogP contribution in [0.4, 0.5) is 4.39 Å². The van der Waals surface area contributed by atoms with Crippen LogP contribution in [0.15, 0.2) is 49.1 Å². The number of carbonyl (C=O) groups is 1. The maximum atomic E-state index is 14.1. The van der Waals surface area contributed by atoms with Crippen molar-refractivity contribution in [1.82, 2.24) is 14.5 Å². The Kier molecular flexibility index (Phi) is 3.89. The van der Waals surface area contributed by atoms with Crippen molar-refractivity contribution in [1.29, 1.82) is 5.26 Å². The van der Waals surface area contributed by atoms with Crippen LogP contribution in [0.5, 0.6) is 5.75 Å². The summed E-state index contributed by atoms with van der Waals surface area (Å²) in [5.74, 6) is -0.610. The van der Waals surface area contributed by atoms with Crippen LogP contribution in [-0.2, 0) is 4.79 Å². The van der Waals surface area contributed by atoms with Crippen LogP contribution in [0.2, 0.25) is 0 Å². The summed E-state index contributed by atoms with van der Waals surface area (Å²) in [5.41, 5.74) is 1.82. The molecule has 134 valence electrons. The van der Waals surface area contributed by atoms with E-state index in [-0.39, 0.29) is 29.1 Å². The minimum Gasteiger partial charge on any atom is -0.507 e. The van der Waals surface area contributed by atoms with Gasteiger partial charge in [-0.1, -0.05) is 18.7 Å². The Labute approximate surface area is 154 Å². The Morgan fingerprint density at radius 2 is 2.15 bits per heavy atom. The standard InChI is InChI=1S/C20H15FN4O2/c1-2-19(27)24-10-13(11-24)25-16-7-6-12(8-15(16)23-18(25)9-22)20-14(21)4-3-5-17(20)26/h2-8,13,26H,1,10-11H2. The zero-order chi connectivity index (χ0) is 19.1. The fraction of sp³-hybridized carbons (Fsp3) is 0.150. The Bertz CT molecular complexity index is 1100. The van der Waals surface area contributed by atoms with Crippen molar-refractivity contribution < 1.29 is 14.3 Å². The predicted octanol–water partition coefficient (Wildman–Crippen LogP) is 2.99. The van der Waals surface area contributed by atoms with E-state index in [4.69, 9.17) is 0 Å². The zero-order valence-corrected chi connectivity index (χ0v) is 14.3. The summed E-state index contributed by atoms with van der Waals surface area (Å²) < 4.78 is 15.9. The van der Waals surface area contributed by atoms with Gasteiger partial charge in [0.15, 0.2) is 0 Å². The van der Waals surface area contributed by atoms with Crippen LogP contribution in [0.1, 0.15) is 11.9 Å². The number of amides is 1. The van der Waals surface area contributed by atoms with Gasteiger partial charge in [-0.05, 0) is 35.9 Å². The fourth-order valence-electron chi connectivity index (χ4n) is 3.43. The molecule has 4 rings (SSSR count). The quantitative estimate of drug-likeness (QED) is 0.726. The molecule has 6 nitrogen and oxygen atoms in total. The number of phenolic OH excluding ortho intramolecular Hbond substituents is 1. The first-order chi connectivity index (χ1) is 13.0. The van der Waals surface area contributed by atoms with Gasteiger partial charge in [-0.25, -0.2) is 9.37 Å². The highest BCUT2D eigenvalue weighted by atomic mass is 19.1. The highest BCUT2D eigenvalue weighted by Gasteiger charge is 2.33.